The molecule has 0 aliphatic rings. The van der Waals surface area contributed by atoms with Crippen LogP contribution in [0.15, 0.2) is 58.2 Å². The summed E-state index contributed by atoms with van der Waals surface area (Å²) >= 11 is 0. The maximum absolute atomic E-state index is 12.8. The minimum atomic E-state index is -3.50. The quantitative estimate of drug-likeness (QED) is 0.464. The van der Waals surface area contributed by atoms with Crippen LogP contribution in [0.25, 0.3) is 11.0 Å². The minimum Gasteiger partial charge on any atom is -0.352 e. The lowest BCUT2D eigenvalue weighted by atomic mass is 10.2. The number of aryl methyl sites for hydroxylation is 2. The normalized spacial score (nSPS) is 11.9. The molecular weight excluding hydrogens is 440 g/mol. The van der Waals surface area contributed by atoms with Crippen molar-refractivity contribution in [3.63, 3.8) is 0 Å². The minimum absolute atomic E-state index is 0.101. The zero-order chi connectivity index (χ0) is 24.0. The highest BCUT2D eigenvalue weighted by atomic mass is 32.2. The molecule has 33 heavy (non-hydrogen) atoms. The van der Waals surface area contributed by atoms with Gasteiger partial charge >= 0.3 is 5.69 Å². The van der Waals surface area contributed by atoms with Crippen LogP contribution in [0.4, 0.5) is 0 Å². The molecule has 0 saturated heterocycles. The van der Waals surface area contributed by atoms with E-state index in [-0.39, 0.29) is 29.5 Å². The number of hydrogen-bond acceptors (Lipinski definition) is 4. The molecule has 2 aromatic carbocycles. The largest absolute Gasteiger partial charge is 0.352 e. The first-order valence-electron chi connectivity index (χ1n) is 11.4. The van der Waals surface area contributed by atoms with Crippen LogP contribution in [0.3, 0.4) is 0 Å². The fourth-order valence-electron chi connectivity index (χ4n) is 3.92. The van der Waals surface area contributed by atoms with Gasteiger partial charge < -0.3 is 5.32 Å². The van der Waals surface area contributed by atoms with Crippen LogP contribution < -0.4 is 11.0 Å². The van der Waals surface area contributed by atoms with Crippen molar-refractivity contribution in [3.05, 3.63) is 64.6 Å². The first-order valence-corrected chi connectivity index (χ1v) is 12.8. The number of carbonyl (C=O) groups is 1. The van der Waals surface area contributed by atoms with E-state index >= 15 is 0 Å². The number of amides is 1. The van der Waals surface area contributed by atoms with Crippen molar-refractivity contribution in [3.8, 4) is 0 Å². The highest BCUT2D eigenvalue weighted by Gasteiger charge is 2.21. The average Bonchev–Trinajstić information content (AvgIpc) is 3.08. The Morgan fingerprint density at radius 1 is 0.909 bits per heavy atom. The number of carbonyl (C=O) groups excluding carboxylic acids is 1. The van der Waals surface area contributed by atoms with Gasteiger partial charge in [0.05, 0.1) is 15.9 Å². The van der Waals surface area contributed by atoms with E-state index in [1.807, 2.05) is 31.2 Å². The maximum Gasteiger partial charge on any atom is 0.329 e. The molecule has 0 aliphatic carbocycles. The van der Waals surface area contributed by atoms with Crippen LogP contribution in [-0.2, 0) is 34.5 Å². The van der Waals surface area contributed by atoms with Gasteiger partial charge in [-0.15, -0.1) is 0 Å². The van der Waals surface area contributed by atoms with E-state index in [0.29, 0.717) is 26.2 Å². The predicted octanol–water partition coefficient (Wildman–Crippen LogP) is 2.95. The Balaban J connectivity index is 1.62. The summed E-state index contributed by atoms with van der Waals surface area (Å²) in [5.74, 6) is -0.172. The molecule has 3 rings (SSSR count). The lowest BCUT2D eigenvalue weighted by Gasteiger charge is -2.18. The molecule has 0 atom stereocenters. The summed E-state index contributed by atoms with van der Waals surface area (Å²) in [7, 11) is -3.50. The number of rotatable bonds is 11. The molecule has 9 heteroatoms. The SMILES string of the molecule is CCCn1c(=O)n(CCC(=O)NCc2ccc(S(=O)(=O)N(CC)CC)cc2)c2ccccc21. The van der Waals surface area contributed by atoms with E-state index < -0.39 is 10.0 Å². The molecule has 178 valence electrons. The van der Waals surface area contributed by atoms with E-state index in [1.54, 1.807) is 47.2 Å². The molecule has 1 heterocycles. The van der Waals surface area contributed by atoms with Crippen LogP contribution >= 0.6 is 0 Å². The van der Waals surface area contributed by atoms with Crippen molar-refractivity contribution in [1.82, 2.24) is 18.8 Å². The van der Waals surface area contributed by atoms with Gasteiger partial charge in [0.2, 0.25) is 15.9 Å². The van der Waals surface area contributed by atoms with Crippen molar-refractivity contribution >= 4 is 27.0 Å². The van der Waals surface area contributed by atoms with Gasteiger partial charge in [0.25, 0.3) is 0 Å². The number of imidazole rings is 1. The monoisotopic (exact) mass is 472 g/mol. The van der Waals surface area contributed by atoms with Crippen LogP contribution in [-0.4, -0.2) is 40.9 Å². The molecule has 0 bridgehead atoms. The van der Waals surface area contributed by atoms with Gasteiger partial charge in [-0.25, -0.2) is 13.2 Å². The summed E-state index contributed by atoms with van der Waals surface area (Å²) in [6.07, 6.45) is 1.03. The second-order valence-electron chi connectivity index (χ2n) is 7.83. The summed E-state index contributed by atoms with van der Waals surface area (Å²) in [6.45, 7) is 7.69. The molecule has 1 N–H and O–H groups in total. The number of para-hydroxylation sites is 2. The fourth-order valence-corrected chi connectivity index (χ4v) is 5.38. The van der Waals surface area contributed by atoms with Gasteiger partial charge in [-0.05, 0) is 36.2 Å². The van der Waals surface area contributed by atoms with Crippen LogP contribution in [0.5, 0.6) is 0 Å². The lowest BCUT2D eigenvalue weighted by Crippen LogP contribution is -2.30. The van der Waals surface area contributed by atoms with Crippen molar-refractivity contribution < 1.29 is 13.2 Å². The Kier molecular flexibility index (Phi) is 8.10. The summed E-state index contributed by atoms with van der Waals surface area (Å²) in [6, 6.07) is 14.2. The number of aromatic nitrogens is 2. The predicted molar refractivity (Wildman–Crippen MR) is 130 cm³/mol. The van der Waals surface area contributed by atoms with Gasteiger partial charge in [-0.3, -0.25) is 13.9 Å². The van der Waals surface area contributed by atoms with Crippen LogP contribution in [0.1, 0.15) is 39.2 Å². The van der Waals surface area contributed by atoms with E-state index in [9.17, 15) is 18.0 Å². The van der Waals surface area contributed by atoms with Gasteiger partial charge in [0.15, 0.2) is 0 Å². The van der Waals surface area contributed by atoms with Crippen molar-refractivity contribution in [1.29, 1.82) is 0 Å². The fraction of sp³-hybridized carbons (Fsp3) is 0.417. The molecule has 0 fully saturated rings. The molecule has 1 amide bonds. The van der Waals surface area contributed by atoms with E-state index in [4.69, 9.17) is 0 Å². The molecule has 0 unspecified atom stereocenters. The number of sulfonamides is 1. The van der Waals surface area contributed by atoms with E-state index in [1.165, 1.54) is 4.31 Å². The molecule has 3 aromatic rings. The Morgan fingerprint density at radius 3 is 2.03 bits per heavy atom. The van der Waals surface area contributed by atoms with Gasteiger partial charge in [-0.2, -0.15) is 4.31 Å². The van der Waals surface area contributed by atoms with Gasteiger partial charge in [0, 0.05) is 39.1 Å². The smallest absolute Gasteiger partial charge is 0.329 e. The first-order chi connectivity index (χ1) is 15.8. The second kappa shape index (κ2) is 10.8. The van der Waals surface area contributed by atoms with Gasteiger partial charge in [0.1, 0.15) is 0 Å². The summed E-state index contributed by atoms with van der Waals surface area (Å²) in [5, 5.41) is 2.85. The Morgan fingerprint density at radius 2 is 1.48 bits per heavy atom. The number of nitrogens with one attached hydrogen (secondary N) is 1. The maximum atomic E-state index is 12.8. The number of nitrogens with zero attached hydrogens (tertiary/aromatic N) is 3. The van der Waals surface area contributed by atoms with E-state index in [2.05, 4.69) is 5.32 Å². The average molecular weight is 473 g/mol. The zero-order valence-electron chi connectivity index (χ0n) is 19.5. The molecule has 1 aromatic heterocycles. The molecule has 0 radical (unpaired) electrons. The lowest BCUT2D eigenvalue weighted by molar-refractivity contribution is -0.121. The third-order valence-corrected chi connectivity index (χ3v) is 7.76. The Labute approximate surface area is 194 Å². The van der Waals surface area contributed by atoms with Crippen molar-refractivity contribution in [2.45, 2.75) is 58.1 Å². The number of hydrogen-bond donors (Lipinski definition) is 1. The van der Waals surface area contributed by atoms with Crippen molar-refractivity contribution in [2.75, 3.05) is 13.1 Å². The van der Waals surface area contributed by atoms with Crippen molar-refractivity contribution in [2.24, 2.45) is 0 Å². The van der Waals surface area contributed by atoms with Gasteiger partial charge in [-0.1, -0.05) is 45.0 Å². The zero-order valence-corrected chi connectivity index (χ0v) is 20.3. The molecule has 8 nitrogen and oxygen atoms in total. The second-order valence-corrected chi connectivity index (χ2v) is 9.77. The summed E-state index contributed by atoms with van der Waals surface area (Å²) in [4.78, 5) is 25.5. The molecule has 0 saturated carbocycles. The first kappa shape index (κ1) is 24.7. The third kappa shape index (κ3) is 5.36. The molecule has 0 spiro atoms. The van der Waals surface area contributed by atoms with E-state index in [0.717, 1.165) is 23.0 Å². The third-order valence-electron chi connectivity index (χ3n) is 5.69. The standard InChI is InChI=1S/C24H32N4O4S/c1-4-16-27-21-9-7-8-10-22(21)28(24(27)30)17-15-23(29)25-18-19-11-13-20(14-12-19)33(31,32)26(5-2)6-3/h7-14H,4-6,15-18H2,1-3H3,(H,25,29). The molecular formula is C24H32N4O4S. The van der Waals surface area contributed by atoms with Crippen LogP contribution in [0.2, 0.25) is 0 Å². The Hall–Kier alpha value is -2.91. The summed E-state index contributed by atoms with van der Waals surface area (Å²) in [5.41, 5.74) is 2.41. The Bertz CT molecular complexity index is 1260. The number of fused-ring (bicyclic) bond motifs is 1. The molecule has 0 aliphatic heterocycles. The highest BCUT2D eigenvalue weighted by molar-refractivity contribution is 7.89. The topological polar surface area (TPSA) is 93.4 Å². The van der Waals surface area contributed by atoms with Crippen LogP contribution in [0, 0.1) is 0 Å². The number of benzene rings is 2. The highest BCUT2D eigenvalue weighted by Crippen LogP contribution is 2.16. The summed E-state index contributed by atoms with van der Waals surface area (Å²) < 4.78 is 30.0.